The van der Waals surface area contributed by atoms with E-state index in [2.05, 4.69) is 10.1 Å². The Morgan fingerprint density at radius 1 is 1.11 bits per heavy atom. The molecule has 0 aliphatic carbocycles. The number of carbonyl (C=O) groups is 1. The van der Waals surface area contributed by atoms with E-state index in [1.165, 1.54) is 18.5 Å². The van der Waals surface area contributed by atoms with Gasteiger partial charge in [0.2, 0.25) is 0 Å². The summed E-state index contributed by atoms with van der Waals surface area (Å²) in [5.74, 6) is 0.452. The molecule has 38 heavy (non-hydrogen) atoms. The van der Waals surface area contributed by atoms with E-state index in [1.54, 1.807) is 9.42 Å². The molecule has 2 aromatic heterocycles. The monoisotopic (exact) mass is 517 g/mol. The van der Waals surface area contributed by atoms with Crippen LogP contribution in [0.2, 0.25) is 0 Å². The molecule has 0 bridgehead atoms. The molecule has 1 aliphatic rings. The first-order chi connectivity index (χ1) is 18.2. The van der Waals surface area contributed by atoms with Gasteiger partial charge in [0.15, 0.2) is 5.82 Å². The highest BCUT2D eigenvalue weighted by atomic mass is 19.1. The van der Waals surface area contributed by atoms with Crippen LogP contribution in [0.15, 0.2) is 60.9 Å². The number of benzene rings is 2. The number of fused-ring (bicyclic) bond motifs is 1. The standard InChI is InChI=1S/C29H32FN5O3/c1-29(2,3)38-28(36)34-11-9-20(10-12-34)25-16-24(26-27(31)32-18-33-35(25)26)21-13-22(30)15-23(14-21)37-17-19-7-5-4-6-8-19/h4-8,13-16,18,20H,9-12,17H2,1-3H3,(H2,31,32,33). The average Bonchev–Trinajstić information content (AvgIpc) is 3.28. The van der Waals surface area contributed by atoms with Crippen molar-refractivity contribution in [2.24, 2.45) is 0 Å². The summed E-state index contributed by atoms with van der Waals surface area (Å²) in [5, 5.41) is 4.48. The third-order valence-electron chi connectivity index (χ3n) is 6.61. The minimum Gasteiger partial charge on any atom is -0.489 e. The fourth-order valence-corrected chi connectivity index (χ4v) is 4.83. The molecule has 198 valence electrons. The van der Waals surface area contributed by atoms with Gasteiger partial charge in [-0.25, -0.2) is 18.7 Å². The van der Waals surface area contributed by atoms with Gasteiger partial charge in [-0.15, -0.1) is 0 Å². The summed E-state index contributed by atoms with van der Waals surface area (Å²) in [7, 11) is 0. The molecule has 5 rings (SSSR count). The van der Waals surface area contributed by atoms with Crippen LogP contribution in [-0.2, 0) is 11.3 Å². The van der Waals surface area contributed by atoms with E-state index in [0.717, 1.165) is 29.7 Å². The summed E-state index contributed by atoms with van der Waals surface area (Å²) in [6.07, 6.45) is 2.60. The molecule has 0 saturated carbocycles. The Kier molecular flexibility index (Phi) is 6.93. The minimum atomic E-state index is -0.538. The number of aromatic nitrogens is 3. The van der Waals surface area contributed by atoms with Crippen LogP contribution in [0.25, 0.3) is 16.6 Å². The Hall–Kier alpha value is -4.14. The molecule has 4 aromatic rings. The molecular formula is C29H32FN5O3. The van der Waals surface area contributed by atoms with Gasteiger partial charge >= 0.3 is 6.09 Å². The molecule has 0 unspecified atom stereocenters. The van der Waals surface area contributed by atoms with Crippen LogP contribution >= 0.6 is 0 Å². The number of nitrogens with zero attached hydrogens (tertiary/aromatic N) is 4. The highest BCUT2D eigenvalue weighted by molar-refractivity contribution is 5.88. The van der Waals surface area contributed by atoms with Gasteiger partial charge in [0.25, 0.3) is 0 Å². The highest BCUT2D eigenvalue weighted by Gasteiger charge is 2.30. The molecule has 3 heterocycles. The van der Waals surface area contributed by atoms with E-state index in [1.807, 2.05) is 63.2 Å². The molecule has 1 aliphatic heterocycles. The SMILES string of the molecule is CC(C)(C)OC(=O)N1CCC(c2cc(-c3cc(F)cc(OCc4ccccc4)c3)c3c(N)ncnn23)CC1. The van der Waals surface area contributed by atoms with E-state index < -0.39 is 11.4 Å². The summed E-state index contributed by atoms with van der Waals surface area (Å²) in [6, 6.07) is 16.4. The molecule has 1 saturated heterocycles. The van der Waals surface area contributed by atoms with Crippen LogP contribution < -0.4 is 10.5 Å². The number of anilines is 1. The van der Waals surface area contributed by atoms with Gasteiger partial charge in [0, 0.05) is 36.3 Å². The van der Waals surface area contributed by atoms with Crippen LogP contribution in [0, 0.1) is 5.82 Å². The fourth-order valence-electron chi connectivity index (χ4n) is 4.83. The zero-order valence-electron chi connectivity index (χ0n) is 21.9. The predicted molar refractivity (Wildman–Crippen MR) is 143 cm³/mol. The predicted octanol–water partition coefficient (Wildman–Crippen LogP) is 5.81. The van der Waals surface area contributed by atoms with Gasteiger partial charge in [-0.1, -0.05) is 30.3 Å². The van der Waals surface area contributed by atoms with Crippen molar-refractivity contribution >= 4 is 17.4 Å². The Bertz CT molecular complexity index is 1440. The van der Waals surface area contributed by atoms with Crippen LogP contribution in [0.3, 0.4) is 0 Å². The van der Waals surface area contributed by atoms with E-state index >= 15 is 0 Å². The molecule has 2 N–H and O–H groups in total. The molecule has 0 atom stereocenters. The highest BCUT2D eigenvalue weighted by Crippen LogP contribution is 2.38. The lowest BCUT2D eigenvalue weighted by Gasteiger charge is -2.33. The number of ether oxygens (including phenoxy) is 2. The zero-order valence-corrected chi connectivity index (χ0v) is 21.9. The van der Waals surface area contributed by atoms with Crippen LogP contribution in [0.5, 0.6) is 5.75 Å². The van der Waals surface area contributed by atoms with E-state index in [-0.39, 0.29) is 12.0 Å². The minimum absolute atomic E-state index is 0.131. The second-order valence-electron chi connectivity index (χ2n) is 10.6. The fraction of sp³-hybridized carbons (Fsp3) is 0.345. The molecule has 1 amide bonds. The van der Waals surface area contributed by atoms with Gasteiger partial charge in [-0.2, -0.15) is 5.10 Å². The van der Waals surface area contributed by atoms with Crippen molar-refractivity contribution in [1.29, 1.82) is 0 Å². The third kappa shape index (κ3) is 5.56. The molecule has 2 aromatic carbocycles. The van der Waals surface area contributed by atoms with Crippen molar-refractivity contribution in [2.75, 3.05) is 18.8 Å². The maximum Gasteiger partial charge on any atom is 0.410 e. The van der Waals surface area contributed by atoms with Gasteiger partial charge in [-0.3, -0.25) is 0 Å². The molecule has 9 heteroatoms. The van der Waals surface area contributed by atoms with Crippen LogP contribution in [0.1, 0.15) is 50.8 Å². The molecule has 0 spiro atoms. The quantitative estimate of drug-likeness (QED) is 0.359. The molecule has 0 radical (unpaired) electrons. The number of hydrogen-bond acceptors (Lipinski definition) is 6. The lowest BCUT2D eigenvalue weighted by atomic mass is 9.93. The van der Waals surface area contributed by atoms with Gasteiger partial charge in [0.1, 0.15) is 35.6 Å². The number of amides is 1. The van der Waals surface area contributed by atoms with E-state index in [9.17, 15) is 9.18 Å². The summed E-state index contributed by atoms with van der Waals surface area (Å²) in [6.45, 7) is 7.05. The number of nitrogens with two attached hydrogens (primary N) is 1. The van der Waals surface area contributed by atoms with Crippen LogP contribution in [-0.4, -0.2) is 44.3 Å². The summed E-state index contributed by atoms with van der Waals surface area (Å²) < 4.78 is 28.0. The number of nitrogen functional groups attached to an aromatic ring is 1. The van der Waals surface area contributed by atoms with Gasteiger partial charge in [-0.05, 0) is 62.9 Å². The summed E-state index contributed by atoms with van der Waals surface area (Å²) in [5.41, 5.74) is 9.69. The van der Waals surface area contributed by atoms with Gasteiger partial charge < -0.3 is 20.1 Å². The zero-order chi connectivity index (χ0) is 26.9. The van der Waals surface area contributed by atoms with Crippen molar-refractivity contribution in [2.45, 2.75) is 51.7 Å². The first kappa shape index (κ1) is 25.5. The largest absolute Gasteiger partial charge is 0.489 e. The van der Waals surface area contributed by atoms with E-state index in [4.69, 9.17) is 15.2 Å². The molecule has 8 nitrogen and oxygen atoms in total. The van der Waals surface area contributed by atoms with Crippen molar-refractivity contribution in [3.05, 3.63) is 78.0 Å². The summed E-state index contributed by atoms with van der Waals surface area (Å²) >= 11 is 0. The number of piperidine rings is 1. The second kappa shape index (κ2) is 10.3. The van der Waals surface area contributed by atoms with Crippen molar-refractivity contribution in [1.82, 2.24) is 19.5 Å². The normalized spacial score (nSPS) is 14.6. The van der Waals surface area contributed by atoms with Crippen LogP contribution in [0.4, 0.5) is 15.0 Å². The van der Waals surface area contributed by atoms with Gasteiger partial charge in [0.05, 0.1) is 0 Å². The van der Waals surface area contributed by atoms with E-state index in [0.29, 0.717) is 42.3 Å². The Morgan fingerprint density at radius 2 is 1.84 bits per heavy atom. The second-order valence-corrected chi connectivity index (χ2v) is 10.6. The Morgan fingerprint density at radius 3 is 2.55 bits per heavy atom. The molecular weight excluding hydrogens is 485 g/mol. The first-order valence-corrected chi connectivity index (χ1v) is 12.8. The topological polar surface area (TPSA) is 95.0 Å². The van der Waals surface area contributed by atoms with Crippen molar-refractivity contribution in [3.63, 3.8) is 0 Å². The molecule has 1 fully saturated rings. The first-order valence-electron chi connectivity index (χ1n) is 12.8. The summed E-state index contributed by atoms with van der Waals surface area (Å²) in [4.78, 5) is 18.5. The number of likely N-dealkylation sites (tertiary alicyclic amines) is 1. The lowest BCUT2D eigenvalue weighted by Crippen LogP contribution is -2.41. The van der Waals surface area contributed by atoms with Crippen molar-refractivity contribution in [3.8, 4) is 16.9 Å². The smallest absolute Gasteiger partial charge is 0.410 e. The maximum absolute atomic E-state index is 14.7. The average molecular weight is 518 g/mol. The lowest BCUT2D eigenvalue weighted by molar-refractivity contribution is 0.0203. The number of rotatable bonds is 5. The number of carbonyl (C=O) groups excluding carboxylic acids is 1. The number of hydrogen-bond donors (Lipinski definition) is 1. The Labute approximate surface area is 221 Å². The Balaban J connectivity index is 1.42. The number of halogens is 1. The third-order valence-corrected chi connectivity index (χ3v) is 6.61. The van der Waals surface area contributed by atoms with Crippen molar-refractivity contribution < 1.29 is 18.7 Å². The maximum atomic E-state index is 14.7.